The number of rotatable bonds is 29. The molecule has 0 aromatic rings. The molecule has 39 heavy (non-hydrogen) atoms. The van der Waals surface area contributed by atoms with Gasteiger partial charge in [-0.25, -0.2) is 0 Å². The molecule has 0 aliphatic heterocycles. The Labute approximate surface area is 240 Å². The van der Waals surface area contributed by atoms with Gasteiger partial charge in [0.05, 0.1) is 0 Å². The molecule has 0 aromatic heterocycles. The minimum Gasteiger partial charge on any atom is -0.462 e. The topological polar surface area (TPSA) is 78.9 Å². The molecule has 230 valence electrons. The second kappa shape index (κ2) is 29.4. The van der Waals surface area contributed by atoms with Crippen LogP contribution in [0.5, 0.6) is 0 Å². The fraction of sp³-hybridized carbons (Fsp3) is 0.909. The van der Waals surface area contributed by atoms with Crippen molar-refractivity contribution >= 4 is 17.9 Å². The minimum absolute atomic E-state index is 0.0667. The number of hydrogen-bond acceptors (Lipinski definition) is 6. The monoisotopic (exact) mass is 554 g/mol. The summed E-state index contributed by atoms with van der Waals surface area (Å²) in [5, 5.41) is 0. The van der Waals surface area contributed by atoms with E-state index in [1.54, 1.807) is 0 Å². The highest BCUT2D eigenvalue weighted by Crippen LogP contribution is 2.13. The van der Waals surface area contributed by atoms with E-state index in [0.29, 0.717) is 19.3 Å². The Morgan fingerprint density at radius 2 is 0.692 bits per heavy atom. The third kappa shape index (κ3) is 27.8. The van der Waals surface area contributed by atoms with Gasteiger partial charge in [0.1, 0.15) is 13.2 Å². The van der Waals surface area contributed by atoms with Gasteiger partial charge in [-0.1, -0.05) is 136 Å². The minimum atomic E-state index is -0.752. The Kier molecular flexibility index (Phi) is 28.2. The van der Waals surface area contributed by atoms with Crippen molar-refractivity contribution < 1.29 is 28.6 Å². The summed E-state index contributed by atoms with van der Waals surface area (Å²) in [7, 11) is 0. The fourth-order valence-corrected chi connectivity index (χ4v) is 4.56. The predicted molar refractivity (Wildman–Crippen MR) is 160 cm³/mol. The van der Waals surface area contributed by atoms with Gasteiger partial charge < -0.3 is 14.2 Å². The van der Waals surface area contributed by atoms with Crippen molar-refractivity contribution in [2.24, 2.45) is 0 Å². The lowest BCUT2D eigenvalue weighted by molar-refractivity contribution is -0.167. The molecule has 0 rings (SSSR count). The molecule has 0 heterocycles. The van der Waals surface area contributed by atoms with Crippen LogP contribution >= 0.6 is 0 Å². The maximum atomic E-state index is 12.4. The summed E-state index contributed by atoms with van der Waals surface area (Å²) in [6.07, 6.45) is 24.1. The van der Waals surface area contributed by atoms with E-state index in [9.17, 15) is 14.4 Å². The van der Waals surface area contributed by atoms with Crippen molar-refractivity contribution in [3.8, 4) is 0 Å². The normalized spacial score (nSPS) is 11.8. The van der Waals surface area contributed by atoms with Crippen LogP contribution in [0.3, 0.4) is 0 Å². The van der Waals surface area contributed by atoms with Gasteiger partial charge in [-0.05, 0) is 19.3 Å². The van der Waals surface area contributed by atoms with E-state index in [0.717, 1.165) is 64.2 Å². The zero-order valence-electron chi connectivity index (χ0n) is 25.9. The van der Waals surface area contributed by atoms with Gasteiger partial charge in [0.25, 0.3) is 0 Å². The van der Waals surface area contributed by atoms with Crippen LogP contribution < -0.4 is 0 Å². The number of ether oxygens (including phenoxy) is 3. The van der Waals surface area contributed by atoms with Crippen molar-refractivity contribution in [2.75, 3.05) is 13.2 Å². The molecule has 0 aromatic carbocycles. The van der Waals surface area contributed by atoms with E-state index < -0.39 is 6.10 Å². The summed E-state index contributed by atoms with van der Waals surface area (Å²) in [5.74, 6) is -0.895. The van der Waals surface area contributed by atoms with Gasteiger partial charge >= 0.3 is 17.9 Å². The summed E-state index contributed by atoms with van der Waals surface area (Å²) in [6, 6.07) is 0. The Morgan fingerprint density at radius 1 is 0.410 bits per heavy atom. The molecule has 0 radical (unpaired) electrons. The lowest BCUT2D eigenvalue weighted by Gasteiger charge is -2.18. The van der Waals surface area contributed by atoms with Crippen molar-refractivity contribution in [3.05, 3.63) is 0 Å². The van der Waals surface area contributed by atoms with E-state index in [4.69, 9.17) is 14.2 Å². The van der Waals surface area contributed by atoms with Crippen LogP contribution in [0.1, 0.15) is 175 Å². The van der Waals surface area contributed by atoms with Crippen LogP contribution in [0.2, 0.25) is 0 Å². The van der Waals surface area contributed by atoms with E-state index in [2.05, 4.69) is 20.8 Å². The third-order valence-corrected chi connectivity index (χ3v) is 7.11. The van der Waals surface area contributed by atoms with E-state index in [1.807, 2.05) is 0 Å². The van der Waals surface area contributed by atoms with Crippen LogP contribution in [0, 0.1) is 0 Å². The second-order valence-corrected chi connectivity index (χ2v) is 11.1. The molecule has 6 heteroatoms. The SMILES string of the molecule is CCCCCCCCCCCC(=O)OC[C@@H](COC(=O)CCCCCCC)OC(=O)CCCCCCCCC. The maximum absolute atomic E-state index is 12.4. The third-order valence-electron chi connectivity index (χ3n) is 7.11. The average Bonchev–Trinajstić information content (AvgIpc) is 2.93. The first-order valence-corrected chi connectivity index (χ1v) is 16.5. The molecule has 0 saturated heterocycles. The first-order chi connectivity index (χ1) is 19.0. The van der Waals surface area contributed by atoms with Gasteiger partial charge in [0.2, 0.25) is 0 Å². The van der Waals surface area contributed by atoms with Crippen LogP contribution in [-0.2, 0) is 28.6 Å². The smallest absolute Gasteiger partial charge is 0.306 e. The van der Waals surface area contributed by atoms with E-state index in [-0.39, 0.29) is 31.1 Å². The van der Waals surface area contributed by atoms with Gasteiger partial charge in [-0.2, -0.15) is 0 Å². The number of esters is 3. The molecule has 6 nitrogen and oxygen atoms in total. The van der Waals surface area contributed by atoms with Crippen molar-refractivity contribution in [1.29, 1.82) is 0 Å². The molecule has 0 aliphatic carbocycles. The Hall–Kier alpha value is -1.59. The van der Waals surface area contributed by atoms with Gasteiger partial charge in [0, 0.05) is 19.3 Å². The highest BCUT2D eigenvalue weighted by atomic mass is 16.6. The van der Waals surface area contributed by atoms with Gasteiger partial charge in [-0.15, -0.1) is 0 Å². The number of carbonyl (C=O) groups excluding carboxylic acids is 3. The lowest BCUT2D eigenvalue weighted by atomic mass is 10.1. The van der Waals surface area contributed by atoms with Crippen LogP contribution in [0.15, 0.2) is 0 Å². The molecule has 0 saturated carbocycles. The Morgan fingerprint density at radius 3 is 1.03 bits per heavy atom. The molecule has 0 spiro atoms. The maximum Gasteiger partial charge on any atom is 0.306 e. The Balaban J connectivity index is 4.32. The molecule has 1 atom stereocenters. The van der Waals surface area contributed by atoms with Crippen LogP contribution in [-0.4, -0.2) is 37.2 Å². The summed E-state index contributed by atoms with van der Waals surface area (Å²) in [5.41, 5.74) is 0. The molecule has 0 N–H and O–H groups in total. The highest BCUT2D eigenvalue weighted by Gasteiger charge is 2.19. The Bertz CT molecular complexity index is 577. The molecular weight excluding hydrogens is 492 g/mol. The largest absolute Gasteiger partial charge is 0.462 e. The van der Waals surface area contributed by atoms with Crippen molar-refractivity contribution in [1.82, 2.24) is 0 Å². The summed E-state index contributed by atoms with van der Waals surface area (Å²) >= 11 is 0. The standard InChI is InChI=1S/C33H62O6/c1-4-7-10-13-15-16-18-20-23-26-32(35)38-29-30(28-37-31(34)25-22-19-12-9-6-3)39-33(36)27-24-21-17-14-11-8-5-2/h30H,4-29H2,1-3H3/t30-/m1/s1. The summed E-state index contributed by atoms with van der Waals surface area (Å²) in [4.78, 5) is 36.8. The number of unbranched alkanes of at least 4 members (excludes halogenated alkanes) is 18. The zero-order valence-corrected chi connectivity index (χ0v) is 25.9. The van der Waals surface area contributed by atoms with Crippen molar-refractivity contribution in [2.45, 2.75) is 181 Å². The molecular formula is C33H62O6. The molecule has 0 aliphatic rings. The van der Waals surface area contributed by atoms with Gasteiger partial charge in [0.15, 0.2) is 6.10 Å². The average molecular weight is 555 g/mol. The molecule has 0 amide bonds. The molecule has 0 bridgehead atoms. The molecule has 0 unspecified atom stereocenters. The first kappa shape index (κ1) is 37.4. The van der Waals surface area contributed by atoms with Crippen LogP contribution in [0.25, 0.3) is 0 Å². The second-order valence-electron chi connectivity index (χ2n) is 11.1. The number of carbonyl (C=O) groups is 3. The summed E-state index contributed by atoms with van der Waals surface area (Å²) in [6.45, 7) is 6.45. The molecule has 0 fully saturated rings. The quantitative estimate of drug-likeness (QED) is 0.0520. The van der Waals surface area contributed by atoms with Gasteiger partial charge in [-0.3, -0.25) is 14.4 Å². The fourth-order valence-electron chi connectivity index (χ4n) is 4.56. The summed E-state index contributed by atoms with van der Waals surface area (Å²) < 4.78 is 16.3. The first-order valence-electron chi connectivity index (χ1n) is 16.5. The van der Waals surface area contributed by atoms with E-state index >= 15 is 0 Å². The predicted octanol–water partition coefficient (Wildman–Crippen LogP) is 9.41. The van der Waals surface area contributed by atoms with Crippen LogP contribution in [0.4, 0.5) is 0 Å². The highest BCUT2D eigenvalue weighted by molar-refractivity contribution is 5.71. The number of hydrogen-bond donors (Lipinski definition) is 0. The van der Waals surface area contributed by atoms with Crippen molar-refractivity contribution in [3.63, 3.8) is 0 Å². The lowest BCUT2D eigenvalue weighted by Crippen LogP contribution is -2.30. The zero-order chi connectivity index (χ0) is 28.8. The van der Waals surface area contributed by atoms with E-state index in [1.165, 1.54) is 70.6 Å².